The van der Waals surface area contributed by atoms with E-state index in [-0.39, 0.29) is 24.4 Å². The highest BCUT2D eigenvalue weighted by atomic mass is 32.2. The molecule has 138 valence electrons. The molecule has 2 aromatic heterocycles. The van der Waals surface area contributed by atoms with Gasteiger partial charge in [-0.25, -0.2) is 0 Å². The van der Waals surface area contributed by atoms with E-state index in [0.29, 0.717) is 31.5 Å². The number of nitrogens with zero attached hydrogens (tertiary/aromatic N) is 2. The monoisotopic (exact) mass is 420 g/mol. The van der Waals surface area contributed by atoms with Crippen molar-refractivity contribution in [2.75, 3.05) is 23.2 Å². The Labute approximate surface area is 165 Å². The van der Waals surface area contributed by atoms with Crippen LogP contribution in [-0.2, 0) is 4.79 Å². The molecule has 0 unspecified atom stereocenters. The lowest BCUT2D eigenvalue weighted by molar-refractivity contribution is -0.113. The number of rotatable bonds is 6. The van der Waals surface area contributed by atoms with E-state index in [1.807, 2.05) is 5.38 Å². The number of benzene rings is 1. The fourth-order valence-corrected chi connectivity index (χ4v) is 4.35. The van der Waals surface area contributed by atoms with Crippen LogP contribution in [0.4, 0.5) is 10.8 Å². The minimum absolute atomic E-state index is 0.169. The zero-order valence-electron chi connectivity index (χ0n) is 13.6. The third-order valence-electron chi connectivity index (χ3n) is 3.35. The summed E-state index contributed by atoms with van der Waals surface area (Å²) in [6.07, 6.45) is 0. The van der Waals surface area contributed by atoms with Crippen LogP contribution in [0.15, 0.2) is 40.1 Å². The molecule has 1 aliphatic rings. The Kier molecular flexibility index (Phi) is 5.23. The lowest BCUT2D eigenvalue weighted by Crippen LogP contribution is -2.13. The largest absolute Gasteiger partial charge is 0.454 e. The van der Waals surface area contributed by atoms with Gasteiger partial charge in [0.25, 0.3) is 5.91 Å². The molecule has 0 saturated carbocycles. The van der Waals surface area contributed by atoms with Crippen molar-refractivity contribution in [3.05, 3.63) is 40.6 Å². The predicted molar refractivity (Wildman–Crippen MR) is 104 cm³/mol. The number of thioether (sulfide) groups is 1. The van der Waals surface area contributed by atoms with Crippen LogP contribution >= 0.6 is 34.4 Å². The standard InChI is InChI=1S/C16H12N4O4S3/c21-13(17-9-3-4-10-11(6-9)24-8-23-10)7-26-16-20-19-15(27-16)18-14(22)12-2-1-5-25-12/h1-6H,7-8H2,(H,17,21)(H,18,19,22). The average molecular weight is 420 g/mol. The summed E-state index contributed by atoms with van der Waals surface area (Å²) in [6.45, 7) is 0.186. The first-order valence-corrected chi connectivity index (χ1v) is 10.4. The maximum absolute atomic E-state index is 12.1. The number of nitrogens with one attached hydrogen (secondary N) is 2. The van der Waals surface area contributed by atoms with E-state index < -0.39 is 0 Å². The molecular formula is C16H12N4O4S3. The molecule has 11 heteroatoms. The summed E-state index contributed by atoms with van der Waals surface area (Å²) in [5.74, 6) is 1.03. The molecule has 1 aromatic carbocycles. The third kappa shape index (κ3) is 4.38. The van der Waals surface area contributed by atoms with Gasteiger partial charge in [-0.2, -0.15) is 0 Å². The van der Waals surface area contributed by atoms with Crippen molar-refractivity contribution in [3.8, 4) is 11.5 Å². The molecule has 0 aliphatic carbocycles. The molecule has 1 aliphatic heterocycles. The van der Waals surface area contributed by atoms with Crippen LogP contribution in [0.2, 0.25) is 0 Å². The van der Waals surface area contributed by atoms with Crippen LogP contribution in [0.5, 0.6) is 11.5 Å². The first-order valence-electron chi connectivity index (χ1n) is 7.68. The Morgan fingerprint density at radius 2 is 2.04 bits per heavy atom. The summed E-state index contributed by atoms with van der Waals surface area (Å²) in [4.78, 5) is 24.7. The number of thiophene rings is 1. The lowest BCUT2D eigenvalue weighted by Gasteiger charge is -2.05. The van der Waals surface area contributed by atoms with Gasteiger partial charge >= 0.3 is 0 Å². The molecule has 0 radical (unpaired) electrons. The molecule has 8 nitrogen and oxygen atoms in total. The third-order valence-corrected chi connectivity index (χ3v) is 6.20. The number of anilines is 2. The topological polar surface area (TPSA) is 102 Å². The van der Waals surface area contributed by atoms with Gasteiger partial charge in [-0.05, 0) is 23.6 Å². The second-order valence-corrected chi connectivity index (χ2v) is 8.36. The summed E-state index contributed by atoms with van der Waals surface area (Å²) in [7, 11) is 0. The Morgan fingerprint density at radius 3 is 2.89 bits per heavy atom. The van der Waals surface area contributed by atoms with Crippen molar-refractivity contribution in [1.29, 1.82) is 0 Å². The second-order valence-electron chi connectivity index (χ2n) is 5.21. The van der Waals surface area contributed by atoms with Crippen LogP contribution in [0.25, 0.3) is 0 Å². The van der Waals surface area contributed by atoms with Crippen LogP contribution in [0.3, 0.4) is 0 Å². The van der Waals surface area contributed by atoms with Gasteiger partial charge in [0.1, 0.15) is 0 Å². The van der Waals surface area contributed by atoms with Gasteiger partial charge in [0.15, 0.2) is 15.8 Å². The van der Waals surface area contributed by atoms with Gasteiger partial charge in [0.05, 0.1) is 10.6 Å². The summed E-state index contributed by atoms with van der Waals surface area (Å²) in [6, 6.07) is 8.75. The van der Waals surface area contributed by atoms with Crippen molar-refractivity contribution >= 4 is 57.1 Å². The lowest BCUT2D eigenvalue weighted by atomic mass is 10.3. The molecular weight excluding hydrogens is 408 g/mol. The Balaban J connectivity index is 1.28. The van der Waals surface area contributed by atoms with Gasteiger partial charge in [-0.15, -0.1) is 21.5 Å². The van der Waals surface area contributed by atoms with E-state index in [2.05, 4.69) is 20.8 Å². The molecule has 0 atom stereocenters. The van der Waals surface area contributed by atoms with Crippen LogP contribution < -0.4 is 20.1 Å². The smallest absolute Gasteiger partial charge is 0.267 e. The van der Waals surface area contributed by atoms with E-state index in [9.17, 15) is 9.59 Å². The number of fused-ring (bicyclic) bond motifs is 1. The maximum Gasteiger partial charge on any atom is 0.267 e. The van der Waals surface area contributed by atoms with E-state index in [1.54, 1.807) is 30.3 Å². The highest BCUT2D eigenvalue weighted by molar-refractivity contribution is 8.01. The number of ether oxygens (including phenoxy) is 2. The zero-order chi connectivity index (χ0) is 18.6. The summed E-state index contributed by atoms with van der Waals surface area (Å²) >= 11 is 3.82. The normalized spacial score (nSPS) is 12.0. The Hall–Kier alpha value is -2.63. The molecule has 2 N–H and O–H groups in total. The van der Waals surface area contributed by atoms with Crippen LogP contribution in [0.1, 0.15) is 9.67 Å². The molecule has 4 rings (SSSR count). The fourth-order valence-electron chi connectivity index (χ4n) is 2.18. The van der Waals surface area contributed by atoms with Crippen molar-refractivity contribution in [3.63, 3.8) is 0 Å². The number of carbonyl (C=O) groups is 2. The molecule has 3 aromatic rings. The van der Waals surface area contributed by atoms with E-state index in [1.165, 1.54) is 34.4 Å². The highest BCUT2D eigenvalue weighted by Gasteiger charge is 2.15. The summed E-state index contributed by atoms with van der Waals surface area (Å²) in [5, 5.41) is 15.6. The van der Waals surface area contributed by atoms with Crippen molar-refractivity contribution in [2.45, 2.75) is 4.34 Å². The zero-order valence-corrected chi connectivity index (χ0v) is 16.1. The quantitative estimate of drug-likeness (QED) is 0.466. The molecule has 0 fully saturated rings. The van der Waals surface area contributed by atoms with Crippen LogP contribution in [-0.4, -0.2) is 34.6 Å². The maximum atomic E-state index is 12.1. The van der Waals surface area contributed by atoms with E-state index in [4.69, 9.17) is 9.47 Å². The van der Waals surface area contributed by atoms with E-state index >= 15 is 0 Å². The number of aromatic nitrogens is 2. The SMILES string of the molecule is O=C(CSc1nnc(NC(=O)c2cccs2)s1)Nc1ccc2c(c1)OCO2. The van der Waals surface area contributed by atoms with Gasteiger partial charge in [0.2, 0.25) is 17.8 Å². The molecule has 0 saturated heterocycles. The van der Waals surface area contributed by atoms with Gasteiger partial charge in [-0.1, -0.05) is 29.2 Å². The van der Waals surface area contributed by atoms with Crippen molar-refractivity contribution in [1.82, 2.24) is 10.2 Å². The van der Waals surface area contributed by atoms with Crippen molar-refractivity contribution in [2.24, 2.45) is 0 Å². The summed E-state index contributed by atoms with van der Waals surface area (Å²) in [5.41, 5.74) is 0.631. The first kappa shape index (κ1) is 17.8. The average Bonchev–Trinajstić information content (AvgIpc) is 3.41. The van der Waals surface area contributed by atoms with Crippen molar-refractivity contribution < 1.29 is 19.1 Å². The molecule has 2 amide bonds. The minimum atomic E-state index is -0.224. The van der Waals surface area contributed by atoms with Crippen LogP contribution in [0, 0.1) is 0 Å². The molecule has 0 bridgehead atoms. The molecule has 3 heterocycles. The number of amides is 2. The predicted octanol–water partition coefficient (Wildman–Crippen LogP) is 3.31. The molecule has 27 heavy (non-hydrogen) atoms. The van der Waals surface area contributed by atoms with Gasteiger partial charge in [0, 0.05) is 11.8 Å². The second kappa shape index (κ2) is 7.94. The van der Waals surface area contributed by atoms with E-state index in [0.717, 1.165) is 0 Å². The van der Waals surface area contributed by atoms with Gasteiger partial charge in [-0.3, -0.25) is 14.9 Å². The first-order chi connectivity index (χ1) is 13.2. The molecule has 0 spiro atoms. The highest BCUT2D eigenvalue weighted by Crippen LogP contribution is 2.34. The van der Waals surface area contributed by atoms with Gasteiger partial charge < -0.3 is 14.8 Å². The summed E-state index contributed by atoms with van der Waals surface area (Å²) < 4.78 is 11.1. The Bertz CT molecular complexity index is 974. The number of hydrogen-bond donors (Lipinski definition) is 2. The Morgan fingerprint density at radius 1 is 1.15 bits per heavy atom. The number of carbonyl (C=O) groups excluding carboxylic acids is 2. The fraction of sp³-hybridized carbons (Fsp3) is 0.125. The number of hydrogen-bond acceptors (Lipinski definition) is 9. The minimum Gasteiger partial charge on any atom is -0.454 e.